The fourth-order valence-electron chi connectivity index (χ4n) is 5.12. The van der Waals surface area contributed by atoms with Crippen LogP contribution in [0, 0.1) is 11.3 Å². The fraction of sp³-hybridized carbons (Fsp3) is 0.441. The first kappa shape index (κ1) is 31.3. The zero-order chi connectivity index (χ0) is 29.8. The molecular formula is C34H44N4O4. The molecule has 8 heteroatoms. The summed E-state index contributed by atoms with van der Waals surface area (Å²) >= 11 is 0. The Labute approximate surface area is 251 Å². The molecule has 0 saturated carbocycles. The summed E-state index contributed by atoms with van der Waals surface area (Å²) in [5, 5.41) is 10.9. The molecule has 42 heavy (non-hydrogen) atoms. The number of nitrogens with zero attached hydrogens (tertiary/aromatic N) is 4. The number of anilines is 3. The molecule has 1 aliphatic rings. The summed E-state index contributed by atoms with van der Waals surface area (Å²) in [5.41, 5.74) is 5.04. The molecule has 0 amide bonds. The molecule has 0 spiro atoms. The molecule has 0 aliphatic carbocycles. The number of hydrogen-bond donors (Lipinski definition) is 0. The van der Waals surface area contributed by atoms with Crippen LogP contribution in [0.15, 0.2) is 72.8 Å². The number of nitriles is 1. The second kappa shape index (κ2) is 15.6. The van der Waals surface area contributed by atoms with Gasteiger partial charge in [-0.25, -0.2) is 0 Å². The highest BCUT2D eigenvalue weighted by atomic mass is 16.6. The molecule has 1 fully saturated rings. The molecular weight excluding hydrogens is 528 g/mol. The van der Waals surface area contributed by atoms with Crippen molar-refractivity contribution in [2.75, 3.05) is 109 Å². The fourth-order valence-corrected chi connectivity index (χ4v) is 5.12. The van der Waals surface area contributed by atoms with Gasteiger partial charge in [0.15, 0.2) is 0 Å². The maximum absolute atomic E-state index is 10.9. The van der Waals surface area contributed by atoms with Gasteiger partial charge in [-0.05, 0) is 53.1 Å². The van der Waals surface area contributed by atoms with Crippen LogP contribution in [0.4, 0.5) is 17.1 Å². The highest BCUT2D eigenvalue weighted by molar-refractivity contribution is 5.62. The molecule has 0 atom stereocenters. The summed E-state index contributed by atoms with van der Waals surface area (Å²) in [4.78, 5) is 6.39. The van der Waals surface area contributed by atoms with Crippen LogP contribution in [0.25, 0.3) is 0 Å². The van der Waals surface area contributed by atoms with Crippen molar-refractivity contribution in [3.05, 3.63) is 89.5 Å². The second-order valence-corrected chi connectivity index (χ2v) is 10.7. The van der Waals surface area contributed by atoms with E-state index in [0.29, 0.717) is 52.9 Å². The van der Waals surface area contributed by atoms with Crippen LogP contribution in [0.3, 0.4) is 0 Å². The average molecular weight is 573 g/mol. The number of rotatable bonds is 6. The van der Waals surface area contributed by atoms with Gasteiger partial charge in [0.1, 0.15) is 5.41 Å². The van der Waals surface area contributed by atoms with Crippen molar-refractivity contribution in [3.8, 4) is 6.07 Å². The van der Waals surface area contributed by atoms with E-state index in [-0.39, 0.29) is 0 Å². The van der Waals surface area contributed by atoms with Gasteiger partial charge in [0.25, 0.3) is 0 Å². The van der Waals surface area contributed by atoms with E-state index in [9.17, 15) is 5.26 Å². The molecule has 1 aliphatic heterocycles. The number of ether oxygens (including phenoxy) is 4. The Morgan fingerprint density at radius 2 is 0.881 bits per heavy atom. The molecule has 0 unspecified atom stereocenters. The monoisotopic (exact) mass is 572 g/mol. The van der Waals surface area contributed by atoms with Gasteiger partial charge >= 0.3 is 0 Å². The summed E-state index contributed by atoms with van der Waals surface area (Å²) in [6.45, 7) is 5.94. The molecule has 4 rings (SSSR count). The quantitative estimate of drug-likeness (QED) is 0.398. The standard InChI is InChI=1S/C34H44N4O4/c1-36(2)31-11-5-28(6-12-31)34(27-35,29-7-13-32(14-8-29)37(3)4)30-9-15-33(16-10-30)38-17-19-39-21-23-41-25-26-42-24-22-40-20-18-38/h5-16H,17-26H2,1-4H3. The van der Waals surface area contributed by atoms with E-state index in [2.05, 4.69) is 93.6 Å². The van der Waals surface area contributed by atoms with Gasteiger partial charge in [-0.15, -0.1) is 0 Å². The van der Waals surface area contributed by atoms with Crippen LogP contribution < -0.4 is 14.7 Å². The normalized spacial score (nSPS) is 16.1. The lowest BCUT2D eigenvalue weighted by Crippen LogP contribution is -2.32. The summed E-state index contributed by atoms with van der Waals surface area (Å²) in [6.07, 6.45) is 0. The van der Waals surface area contributed by atoms with E-state index in [4.69, 9.17) is 18.9 Å². The molecule has 3 aromatic rings. The van der Waals surface area contributed by atoms with Gasteiger partial charge < -0.3 is 33.6 Å². The topological polar surface area (TPSA) is 70.4 Å². The van der Waals surface area contributed by atoms with Crippen LogP contribution >= 0.6 is 0 Å². The molecule has 8 nitrogen and oxygen atoms in total. The smallest absolute Gasteiger partial charge is 0.132 e. The third kappa shape index (κ3) is 7.81. The molecule has 0 radical (unpaired) electrons. The Kier molecular flexibility index (Phi) is 11.6. The molecule has 0 bridgehead atoms. The van der Waals surface area contributed by atoms with Crippen molar-refractivity contribution in [1.82, 2.24) is 0 Å². The van der Waals surface area contributed by atoms with Crippen LogP contribution in [0.5, 0.6) is 0 Å². The first-order valence-corrected chi connectivity index (χ1v) is 14.6. The Balaban J connectivity index is 1.65. The SMILES string of the molecule is CN(C)c1ccc(C(C#N)(c2ccc(N(C)C)cc2)c2ccc(N3CCOCCOCCOCCOCC3)cc2)cc1. The van der Waals surface area contributed by atoms with Gasteiger partial charge in [-0.2, -0.15) is 5.26 Å². The van der Waals surface area contributed by atoms with Gasteiger partial charge in [-0.1, -0.05) is 36.4 Å². The highest BCUT2D eigenvalue weighted by Crippen LogP contribution is 2.40. The van der Waals surface area contributed by atoms with E-state index in [0.717, 1.165) is 46.8 Å². The molecule has 3 aromatic carbocycles. The lowest BCUT2D eigenvalue weighted by Gasteiger charge is -2.31. The van der Waals surface area contributed by atoms with E-state index in [1.807, 2.05) is 28.2 Å². The zero-order valence-corrected chi connectivity index (χ0v) is 25.4. The van der Waals surface area contributed by atoms with Crippen LogP contribution in [-0.2, 0) is 24.4 Å². The second-order valence-electron chi connectivity index (χ2n) is 10.7. The summed E-state index contributed by atoms with van der Waals surface area (Å²) < 4.78 is 22.8. The van der Waals surface area contributed by atoms with Crippen molar-refractivity contribution >= 4 is 17.1 Å². The maximum atomic E-state index is 10.9. The van der Waals surface area contributed by atoms with Gasteiger partial charge in [-0.3, -0.25) is 0 Å². The van der Waals surface area contributed by atoms with Crippen molar-refractivity contribution in [3.63, 3.8) is 0 Å². The minimum Gasteiger partial charge on any atom is -0.378 e. The van der Waals surface area contributed by atoms with E-state index < -0.39 is 5.41 Å². The largest absolute Gasteiger partial charge is 0.378 e. The van der Waals surface area contributed by atoms with Crippen molar-refractivity contribution in [1.29, 1.82) is 5.26 Å². The summed E-state index contributed by atoms with van der Waals surface area (Å²) in [6, 6.07) is 27.6. The first-order valence-electron chi connectivity index (χ1n) is 14.6. The average Bonchev–Trinajstić information content (AvgIpc) is 3.02. The minimum absolute atomic E-state index is 0.549. The highest BCUT2D eigenvalue weighted by Gasteiger charge is 2.37. The van der Waals surface area contributed by atoms with Crippen molar-refractivity contribution < 1.29 is 18.9 Å². The Morgan fingerprint density at radius 1 is 0.548 bits per heavy atom. The molecule has 1 saturated heterocycles. The predicted molar refractivity (Wildman–Crippen MR) is 169 cm³/mol. The molecule has 1 heterocycles. The lowest BCUT2D eigenvalue weighted by atomic mass is 9.70. The zero-order valence-electron chi connectivity index (χ0n) is 25.4. The number of benzene rings is 3. The van der Waals surface area contributed by atoms with E-state index in [1.165, 1.54) is 0 Å². The number of hydrogen-bond acceptors (Lipinski definition) is 8. The first-order chi connectivity index (χ1) is 20.5. The third-order valence-electron chi connectivity index (χ3n) is 7.59. The minimum atomic E-state index is -0.975. The van der Waals surface area contributed by atoms with Crippen LogP contribution in [0.1, 0.15) is 16.7 Å². The van der Waals surface area contributed by atoms with Crippen molar-refractivity contribution in [2.24, 2.45) is 0 Å². The summed E-state index contributed by atoms with van der Waals surface area (Å²) in [5.74, 6) is 0. The van der Waals surface area contributed by atoms with E-state index in [1.54, 1.807) is 0 Å². The Bertz CT molecular complexity index is 1190. The van der Waals surface area contributed by atoms with Crippen LogP contribution in [-0.4, -0.2) is 94.1 Å². The molecule has 0 aromatic heterocycles. The maximum Gasteiger partial charge on any atom is 0.132 e. The molecule has 224 valence electrons. The van der Waals surface area contributed by atoms with Gasteiger partial charge in [0, 0.05) is 58.3 Å². The Morgan fingerprint density at radius 3 is 1.21 bits per heavy atom. The van der Waals surface area contributed by atoms with Gasteiger partial charge in [0.05, 0.1) is 58.9 Å². The third-order valence-corrected chi connectivity index (χ3v) is 7.59. The van der Waals surface area contributed by atoms with Crippen molar-refractivity contribution in [2.45, 2.75) is 5.41 Å². The van der Waals surface area contributed by atoms with Gasteiger partial charge in [0.2, 0.25) is 0 Å². The van der Waals surface area contributed by atoms with E-state index >= 15 is 0 Å². The predicted octanol–water partition coefficient (Wildman–Crippen LogP) is 4.56. The lowest BCUT2D eigenvalue weighted by molar-refractivity contribution is 0.00206. The Hall–Kier alpha value is -3.61. The molecule has 0 N–H and O–H groups in total. The van der Waals surface area contributed by atoms with Crippen LogP contribution in [0.2, 0.25) is 0 Å². The summed E-state index contributed by atoms with van der Waals surface area (Å²) in [7, 11) is 8.08.